The lowest BCUT2D eigenvalue weighted by atomic mass is 9.81. The first-order chi connectivity index (χ1) is 25.3. The Bertz CT molecular complexity index is 1190. The first-order valence-electron chi connectivity index (χ1n) is 19.9. The van der Waals surface area contributed by atoms with Crippen LogP contribution in [0.15, 0.2) is 79.3 Å². The Labute approximate surface area is 325 Å². The highest BCUT2D eigenvalue weighted by molar-refractivity contribution is 5.84. The second kappa shape index (κ2) is 30.6. The molecule has 1 aromatic carbocycles. The van der Waals surface area contributed by atoms with E-state index in [0.29, 0.717) is 30.2 Å². The summed E-state index contributed by atoms with van der Waals surface area (Å²) in [4.78, 5) is 34.8. The zero-order valence-corrected chi connectivity index (χ0v) is 35.3. The minimum absolute atomic E-state index is 0.0486. The Hall–Kier alpha value is -3.85. The normalized spacial score (nSPS) is 16.0. The van der Waals surface area contributed by atoms with Crippen molar-refractivity contribution >= 4 is 18.6 Å². The van der Waals surface area contributed by atoms with E-state index in [0.717, 1.165) is 55.9 Å². The molecular weight excluding hydrogens is 661 g/mol. The molecule has 302 valence electrons. The number of hydrogen-bond donors (Lipinski definition) is 5. The summed E-state index contributed by atoms with van der Waals surface area (Å²) in [6.07, 6.45) is 11.2. The van der Waals surface area contributed by atoms with Gasteiger partial charge >= 0.3 is 0 Å². The third kappa shape index (κ3) is 22.1. The van der Waals surface area contributed by atoms with Crippen molar-refractivity contribution in [2.45, 2.75) is 131 Å². The van der Waals surface area contributed by atoms with E-state index >= 15 is 0 Å². The number of benzene rings is 1. The van der Waals surface area contributed by atoms with Gasteiger partial charge in [-0.1, -0.05) is 131 Å². The number of nitrogens with zero attached hydrogens (tertiary/aromatic N) is 1. The molecule has 3 rings (SSSR count). The van der Waals surface area contributed by atoms with Crippen LogP contribution in [0.5, 0.6) is 0 Å². The van der Waals surface area contributed by atoms with Gasteiger partial charge in [0, 0.05) is 49.3 Å². The zero-order valence-electron chi connectivity index (χ0n) is 35.3. The van der Waals surface area contributed by atoms with Gasteiger partial charge in [0.25, 0.3) is 0 Å². The van der Waals surface area contributed by atoms with E-state index in [9.17, 15) is 9.59 Å². The van der Waals surface area contributed by atoms with Gasteiger partial charge in [0.1, 0.15) is 12.3 Å². The predicted octanol–water partition coefficient (Wildman–Crippen LogP) is 8.20. The van der Waals surface area contributed by atoms with Crippen LogP contribution in [0, 0.1) is 11.3 Å². The summed E-state index contributed by atoms with van der Waals surface area (Å²) in [6.45, 7) is 35.1. The summed E-state index contributed by atoms with van der Waals surface area (Å²) >= 11 is 0. The van der Waals surface area contributed by atoms with Crippen LogP contribution in [-0.4, -0.2) is 69.3 Å². The van der Waals surface area contributed by atoms with Gasteiger partial charge in [0.2, 0.25) is 12.3 Å². The fourth-order valence-electron chi connectivity index (χ4n) is 6.39. The number of carbonyl (C=O) groups is 3. The van der Waals surface area contributed by atoms with E-state index in [1.54, 1.807) is 7.05 Å². The van der Waals surface area contributed by atoms with Crippen molar-refractivity contribution in [2.24, 2.45) is 11.3 Å². The van der Waals surface area contributed by atoms with E-state index < -0.39 is 0 Å². The molecule has 0 aromatic heterocycles. The first kappa shape index (κ1) is 51.3. The molecule has 1 saturated heterocycles. The molecule has 9 heteroatoms. The quantitative estimate of drug-likeness (QED) is 0.0809. The minimum atomic E-state index is -0.235. The number of likely N-dealkylation sites (N-methyl/N-ethyl adjacent to an activating group) is 1. The average Bonchev–Trinajstić information content (AvgIpc) is 3.67. The van der Waals surface area contributed by atoms with E-state index in [1.807, 2.05) is 40.8 Å². The number of amides is 2. The van der Waals surface area contributed by atoms with Gasteiger partial charge in [-0.15, -0.1) is 0 Å². The molecule has 2 amide bonds. The van der Waals surface area contributed by atoms with Crippen molar-refractivity contribution in [3.63, 3.8) is 0 Å². The van der Waals surface area contributed by atoms with Crippen LogP contribution in [0.2, 0.25) is 0 Å². The predicted molar refractivity (Wildman–Crippen MR) is 227 cm³/mol. The first-order valence-corrected chi connectivity index (χ1v) is 19.9. The molecule has 0 bridgehead atoms. The Morgan fingerprint density at radius 1 is 0.868 bits per heavy atom. The van der Waals surface area contributed by atoms with Crippen molar-refractivity contribution in [1.29, 1.82) is 0 Å². The number of rotatable bonds is 17. The average molecular weight is 739 g/mol. The molecule has 5 N–H and O–H groups in total. The number of hydrogen-bond acceptors (Lipinski definition) is 7. The maximum Gasteiger partial charge on any atom is 0.242 e. The molecule has 1 aliphatic carbocycles. The summed E-state index contributed by atoms with van der Waals surface area (Å²) in [5, 5.41) is 15.3. The number of allylic oxidation sites excluding steroid dienone is 1. The van der Waals surface area contributed by atoms with E-state index in [-0.39, 0.29) is 30.0 Å². The zero-order chi connectivity index (χ0) is 40.8. The van der Waals surface area contributed by atoms with Gasteiger partial charge in [-0.3, -0.25) is 14.4 Å². The Balaban J connectivity index is 0. The van der Waals surface area contributed by atoms with Gasteiger partial charge in [-0.2, -0.15) is 0 Å². The molecule has 9 nitrogen and oxygen atoms in total. The van der Waals surface area contributed by atoms with Crippen LogP contribution in [0.3, 0.4) is 0 Å². The van der Waals surface area contributed by atoms with Crippen molar-refractivity contribution in [2.75, 3.05) is 33.7 Å². The SMILES string of the molecule is C=C(C=O)CNC(=O)C1CCCN1C(=C)C(NC(=C)CC(C)(C)C)C1CCCCC1.C=C(CNC)NC(CC)c1ccccc1.CC.CC.CNC=O. The number of aldehydes is 1. The van der Waals surface area contributed by atoms with Crippen molar-refractivity contribution in [3.8, 4) is 0 Å². The molecule has 1 saturated carbocycles. The van der Waals surface area contributed by atoms with E-state index in [1.165, 1.54) is 37.7 Å². The van der Waals surface area contributed by atoms with Gasteiger partial charge in [-0.25, -0.2) is 0 Å². The standard InChI is InChI=1S/C25H41N3O2.C13H20N2.C2H5NO.2C2H6/c1-18(17-29)16-26-24(30)22-13-10-14-28(22)20(3)23(21-11-8-7-9-12-21)27-19(2)15-25(4,5)6;1-4-13(15-11(2)10-14-3)12-8-6-5-7-9-12;1-3-2-4;2*1-2/h17,21-23,27H,1-3,7-16H2,4-6H3,(H,26,30);5-9,13-15H,2,4,10H2,1,3H3;2H,1H3,(H,3,4);2*1-2H3. The van der Waals surface area contributed by atoms with Gasteiger partial charge < -0.3 is 31.5 Å². The molecule has 0 spiro atoms. The lowest BCUT2D eigenvalue weighted by Gasteiger charge is -2.39. The second-order valence-electron chi connectivity index (χ2n) is 14.3. The summed E-state index contributed by atoms with van der Waals surface area (Å²) in [6, 6.07) is 10.7. The molecular formula is C44H78N6O3. The van der Waals surface area contributed by atoms with Crippen molar-refractivity contribution in [3.05, 3.63) is 84.9 Å². The van der Waals surface area contributed by atoms with Crippen LogP contribution in [0.1, 0.15) is 125 Å². The van der Waals surface area contributed by atoms with Crippen molar-refractivity contribution in [1.82, 2.24) is 31.5 Å². The maximum atomic E-state index is 12.8. The fourth-order valence-corrected chi connectivity index (χ4v) is 6.39. The third-order valence-electron chi connectivity index (χ3n) is 8.66. The smallest absolute Gasteiger partial charge is 0.242 e. The highest BCUT2D eigenvalue weighted by atomic mass is 16.2. The Morgan fingerprint density at radius 2 is 1.45 bits per heavy atom. The van der Waals surface area contributed by atoms with Crippen LogP contribution in [0.4, 0.5) is 0 Å². The van der Waals surface area contributed by atoms with Gasteiger partial charge in [-0.05, 0) is 62.5 Å². The summed E-state index contributed by atoms with van der Waals surface area (Å²) in [5.74, 6) is 0.467. The lowest BCUT2D eigenvalue weighted by molar-refractivity contribution is -0.124. The van der Waals surface area contributed by atoms with Crippen molar-refractivity contribution < 1.29 is 14.4 Å². The maximum absolute atomic E-state index is 12.8. The highest BCUT2D eigenvalue weighted by Crippen LogP contribution is 2.34. The summed E-state index contributed by atoms with van der Waals surface area (Å²) in [5.41, 5.74) is 4.95. The highest BCUT2D eigenvalue weighted by Gasteiger charge is 2.36. The van der Waals surface area contributed by atoms with Crippen LogP contribution in [0.25, 0.3) is 0 Å². The molecule has 2 fully saturated rings. The van der Waals surface area contributed by atoms with Gasteiger partial charge in [0.05, 0.1) is 12.1 Å². The molecule has 53 heavy (non-hydrogen) atoms. The summed E-state index contributed by atoms with van der Waals surface area (Å²) < 4.78 is 0. The second-order valence-corrected chi connectivity index (χ2v) is 14.3. The minimum Gasteiger partial charge on any atom is -0.381 e. The third-order valence-corrected chi connectivity index (χ3v) is 8.66. The van der Waals surface area contributed by atoms with Crippen LogP contribution < -0.4 is 26.6 Å². The lowest BCUT2D eigenvalue weighted by Crippen LogP contribution is -2.49. The Morgan fingerprint density at radius 3 is 1.94 bits per heavy atom. The topological polar surface area (TPSA) is 115 Å². The number of likely N-dealkylation sites (tertiary alicyclic amines) is 1. The molecule has 3 atom stereocenters. The fraction of sp³-hybridized carbons (Fsp3) is 0.614. The number of nitrogens with one attached hydrogen (secondary N) is 5. The van der Waals surface area contributed by atoms with Crippen LogP contribution >= 0.6 is 0 Å². The molecule has 1 aromatic rings. The van der Waals surface area contributed by atoms with E-state index in [2.05, 4.69) is 110 Å². The molecule has 1 heterocycles. The largest absolute Gasteiger partial charge is 0.381 e. The van der Waals surface area contributed by atoms with Crippen LogP contribution in [-0.2, 0) is 14.4 Å². The molecule has 0 radical (unpaired) electrons. The number of carbonyl (C=O) groups excluding carboxylic acids is 3. The summed E-state index contributed by atoms with van der Waals surface area (Å²) in [7, 11) is 3.49. The monoisotopic (exact) mass is 739 g/mol. The molecule has 2 aliphatic rings. The van der Waals surface area contributed by atoms with Gasteiger partial charge in [0.15, 0.2) is 0 Å². The van der Waals surface area contributed by atoms with E-state index in [4.69, 9.17) is 4.79 Å². The Kier molecular flexibility index (Phi) is 29.6. The molecule has 1 aliphatic heterocycles. The molecule has 3 unspecified atom stereocenters.